The van der Waals surface area contributed by atoms with Gasteiger partial charge in [-0.05, 0) is 49.1 Å². The van der Waals surface area contributed by atoms with Crippen molar-refractivity contribution in [1.29, 1.82) is 0 Å². The second-order valence-corrected chi connectivity index (χ2v) is 9.90. The molecule has 0 unspecified atom stereocenters. The Labute approximate surface area is 203 Å². The Morgan fingerprint density at radius 3 is 2.71 bits per heavy atom. The van der Waals surface area contributed by atoms with E-state index in [0.717, 1.165) is 35.1 Å². The zero-order valence-electron chi connectivity index (χ0n) is 19.4. The molecule has 1 saturated heterocycles. The molecule has 0 bridgehead atoms. The molecule has 6 rings (SSSR count). The Kier molecular flexibility index (Phi) is 5.04. The first kappa shape index (κ1) is 21.4. The summed E-state index contributed by atoms with van der Waals surface area (Å²) in [5.41, 5.74) is 6.01. The molecular weight excluding hydrogens is 448 g/mol. The Bertz CT molecular complexity index is 1390. The normalized spacial score (nSPS) is 17.0. The van der Waals surface area contributed by atoms with Crippen molar-refractivity contribution in [3.63, 3.8) is 0 Å². The first-order chi connectivity index (χ1) is 16.4. The van der Waals surface area contributed by atoms with E-state index in [1.54, 1.807) is 0 Å². The van der Waals surface area contributed by atoms with Crippen LogP contribution in [0, 0.1) is 6.92 Å². The van der Waals surface area contributed by atoms with Crippen LogP contribution in [0.25, 0.3) is 10.9 Å². The molecule has 0 atom stereocenters. The molecule has 2 aliphatic rings. The van der Waals surface area contributed by atoms with Gasteiger partial charge in [0, 0.05) is 42.4 Å². The van der Waals surface area contributed by atoms with Crippen molar-refractivity contribution in [2.75, 3.05) is 13.1 Å². The fourth-order valence-corrected chi connectivity index (χ4v) is 5.66. The number of carbonyl (C=O) groups is 1. The SMILES string of the molecule is Cc1cc(Cn2cc(C(=O)N3CCC4(CC3)OCc3ccccc34)c3ccc(Cl)cc32)nn1C. The quantitative estimate of drug-likeness (QED) is 0.417. The van der Waals surface area contributed by atoms with Gasteiger partial charge in [0.25, 0.3) is 5.91 Å². The molecule has 1 spiro atoms. The van der Waals surface area contributed by atoms with Crippen LogP contribution < -0.4 is 0 Å². The maximum absolute atomic E-state index is 13.7. The van der Waals surface area contributed by atoms with Crippen LogP contribution in [-0.2, 0) is 30.5 Å². The number of aryl methyl sites for hydroxylation is 2. The lowest BCUT2D eigenvalue weighted by Crippen LogP contribution is -2.45. The number of likely N-dealkylation sites (tertiary alicyclic amines) is 1. The van der Waals surface area contributed by atoms with Gasteiger partial charge >= 0.3 is 0 Å². The van der Waals surface area contributed by atoms with Crippen molar-refractivity contribution < 1.29 is 9.53 Å². The number of halogens is 1. The van der Waals surface area contributed by atoms with Crippen LogP contribution >= 0.6 is 11.6 Å². The van der Waals surface area contributed by atoms with E-state index in [1.807, 2.05) is 47.9 Å². The number of fused-ring (bicyclic) bond motifs is 3. The summed E-state index contributed by atoms with van der Waals surface area (Å²) in [6.07, 6.45) is 3.58. The topological polar surface area (TPSA) is 52.3 Å². The molecule has 4 aromatic rings. The number of hydrogen-bond donors (Lipinski definition) is 0. The third-order valence-electron chi connectivity index (χ3n) is 7.44. The standard InChI is InChI=1S/C27H27ClN4O2/c1-18-13-21(29-30(18)2)15-32-16-23(22-8-7-20(28)14-25(22)32)26(33)31-11-9-27(10-12-31)24-6-4-3-5-19(24)17-34-27/h3-8,13-14,16H,9-12,15,17H2,1-2H3. The molecule has 174 valence electrons. The van der Waals surface area contributed by atoms with Gasteiger partial charge in [-0.3, -0.25) is 9.48 Å². The Hall–Kier alpha value is -3.09. The van der Waals surface area contributed by atoms with E-state index in [2.05, 4.69) is 40.0 Å². The highest BCUT2D eigenvalue weighted by molar-refractivity contribution is 6.31. The van der Waals surface area contributed by atoms with Crippen LogP contribution in [0.5, 0.6) is 0 Å². The number of aromatic nitrogens is 3. The van der Waals surface area contributed by atoms with E-state index in [1.165, 1.54) is 11.1 Å². The molecule has 2 aromatic carbocycles. The summed E-state index contributed by atoms with van der Waals surface area (Å²) < 4.78 is 10.2. The second-order valence-electron chi connectivity index (χ2n) is 9.47. The third-order valence-corrected chi connectivity index (χ3v) is 7.68. The zero-order valence-corrected chi connectivity index (χ0v) is 20.2. The molecule has 1 fully saturated rings. The lowest BCUT2D eigenvalue weighted by Gasteiger charge is -2.39. The number of nitrogens with zero attached hydrogens (tertiary/aromatic N) is 4. The highest BCUT2D eigenvalue weighted by Crippen LogP contribution is 2.44. The van der Waals surface area contributed by atoms with Crippen LogP contribution in [0.1, 0.15) is 45.7 Å². The van der Waals surface area contributed by atoms with Gasteiger partial charge in [-0.2, -0.15) is 5.10 Å². The van der Waals surface area contributed by atoms with Gasteiger partial charge in [0.1, 0.15) is 0 Å². The average Bonchev–Trinajstić information content (AvgIpc) is 3.48. The van der Waals surface area contributed by atoms with Crippen molar-refractivity contribution in [3.05, 3.63) is 87.8 Å². The zero-order chi connectivity index (χ0) is 23.4. The smallest absolute Gasteiger partial charge is 0.256 e. The Morgan fingerprint density at radius 2 is 1.94 bits per heavy atom. The van der Waals surface area contributed by atoms with Gasteiger partial charge in [0.15, 0.2) is 0 Å². The predicted molar refractivity (Wildman–Crippen MR) is 132 cm³/mol. The third kappa shape index (κ3) is 3.44. The molecular formula is C27H27ClN4O2. The molecule has 2 aliphatic heterocycles. The van der Waals surface area contributed by atoms with Crippen LogP contribution in [0.15, 0.2) is 54.7 Å². The van der Waals surface area contributed by atoms with Crippen molar-refractivity contribution in [2.45, 2.75) is 38.5 Å². The number of amides is 1. The maximum Gasteiger partial charge on any atom is 0.256 e. The summed E-state index contributed by atoms with van der Waals surface area (Å²) in [6.45, 7) is 4.62. The highest BCUT2D eigenvalue weighted by atomic mass is 35.5. The van der Waals surface area contributed by atoms with Gasteiger partial charge in [0.05, 0.1) is 35.5 Å². The molecule has 0 radical (unpaired) electrons. The maximum atomic E-state index is 13.7. The fourth-order valence-electron chi connectivity index (χ4n) is 5.49. The molecule has 6 nitrogen and oxygen atoms in total. The summed E-state index contributed by atoms with van der Waals surface area (Å²) in [5, 5.41) is 6.17. The lowest BCUT2D eigenvalue weighted by molar-refractivity contribution is -0.0741. The number of benzene rings is 2. The minimum atomic E-state index is -0.258. The number of hydrogen-bond acceptors (Lipinski definition) is 3. The summed E-state index contributed by atoms with van der Waals surface area (Å²) in [7, 11) is 1.94. The Morgan fingerprint density at radius 1 is 1.15 bits per heavy atom. The monoisotopic (exact) mass is 474 g/mol. The molecule has 0 aliphatic carbocycles. The molecule has 34 heavy (non-hydrogen) atoms. The number of ether oxygens (including phenoxy) is 1. The van der Waals surface area contributed by atoms with Crippen molar-refractivity contribution in [1.82, 2.24) is 19.2 Å². The number of rotatable bonds is 3. The van der Waals surface area contributed by atoms with E-state index < -0.39 is 0 Å². The Balaban J connectivity index is 1.28. The summed E-state index contributed by atoms with van der Waals surface area (Å²) in [4.78, 5) is 15.7. The highest BCUT2D eigenvalue weighted by Gasteiger charge is 2.43. The lowest BCUT2D eigenvalue weighted by atomic mass is 9.83. The molecule has 7 heteroatoms. The minimum Gasteiger partial charge on any atom is -0.365 e. The van der Waals surface area contributed by atoms with Crippen molar-refractivity contribution in [3.8, 4) is 0 Å². The van der Waals surface area contributed by atoms with Gasteiger partial charge in [-0.15, -0.1) is 0 Å². The van der Waals surface area contributed by atoms with Crippen LogP contribution in [0.2, 0.25) is 5.02 Å². The van der Waals surface area contributed by atoms with Gasteiger partial charge in [0.2, 0.25) is 0 Å². The van der Waals surface area contributed by atoms with E-state index >= 15 is 0 Å². The van der Waals surface area contributed by atoms with Crippen LogP contribution in [0.3, 0.4) is 0 Å². The first-order valence-corrected chi connectivity index (χ1v) is 12.1. The van der Waals surface area contributed by atoms with E-state index in [9.17, 15) is 4.79 Å². The van der Waals surface area contributed by atoms with Gasteiger partial charge in [-0.1, -0.05) is 41.9 Å². The van der Waals surface area contributed by atoms with Gasteiger partial charge in [-0.25, -0.2) is 0 Å². The first-order valence-electron chi connectivity index (χ1n) is 11.7. The van der Waals surface area contributed by atoms with E-state index in [-0.39, 0.29) is 11.5 Å². The van der Waals surface area contributed by atoms with E-state index in [4.69, 9.17) is 16.3 Å². The predicted octanol–water partition coefficient (Wildman–Crippen LogP) is 5.05. The van der Waals surface area contributed by atoms with Crippen LogP contribution in [-0.4, -0.2) is 38.2 Å². The second kappa shape index (κ2) is 8.00. The fraction of sp³-hybridized carbons (Fsp3) is 0.333. The van der Waals surface area contributed by atoms with E-state index in [0.29, 0.717) is 36.8 Å². The largest absolute Gasteiger partial charge is 0.365 e. The van der Waals surface area contributed by atoms with Gasteiger partial charge < -0.3 is 14.2 Å². The summed E-state index contributed by atoms with van der Waals surface area (Å²) in [5.74, 6) is 0.0596. The molecule has 0 saturated carbocycles. The average molecular weight is 475 g/mol. The minimum absolute atomic E-state index is 0.0596. The summed E-state index contributed by atoms with van der Waals surface area (Å²) in [6, 6.07) is 16.3. The summed E-state index contributed by atoms with van der Waals surface area (Å²) >= 11 is 6.33. The van der Waals surface area contributed by atoms with Crippen LogP contribution in [0.4, 0.5) is 0 Å². The van der Waals surface area contributed by atoms with Crippen molar-refractivity contribution >= 4 is 28.4 Å². The van der Waals surface area contributed by atoms with Crippen molar-refractivity contribution in [2.24, 2.45) is 7.05 Å². The molecule has 0 N–H and O–H groups in total. The molecule has 1 amide bonds. The molecule has 2 aromatic heterocycles. The number of piperidine rings is 1. The molecule has 4 heterocycles. The number of carbonyl (C=O) groups excluding carboxylic acids is 1.